The molecule has 4 aromatic heterocycles. The SMILES string of the molecule is O=c1ccc(-n2ccnc2)nn1CC1CCCN1c1ncnc2sccc12. The molecule has 0 spiro atoms. The Hall–Kier alpha value is -3.07. The van der Waals surface area contributed by atoms with Gasteiger partial charge in [0.2, 0.25) is 0 Å². The first-order chi connectivity index (χ1) is 13.3. The first kappa shape index (κ1) is 16.1. The number of nitrogens with zero attached hydrogens (tertiary/aromatic N) is 7. The Morgan fingerprint density at radius 1 is 1.22 bits per heavy atom. The van der Waals surface area contributed by atoms with Crippen molar-refractivity contribution in [2.75, 3.05) is 11.4 Å². The minimum absolute atomic E-state index is 0.103. The van der Waals surface area contributed by atoms with Gasteiger partial charge in [-0.25, -0.2) is 19.6 Å². The highest BCUT2D eigenvalue weighted by molar-refractivity contribution is 7.16. The fraction of sp³-hybridized carbons (Fsp3) is 0.278. The molecule has 9 heteroatoms. The molecule has 4 aromatic rings. The Morgan fingerprint density at radius 2 is 2.19 bits per heavy atom. The summed E-state index contributed by atoms with van der Waals surface area (Å²) in [4.78, 5) is 28.6. The molecule has 0 aliphatic carbocycles. The molecular weight excluding hydrogens is 362 g/mol. The van der Waals surface area contributed by atoms with Crippen LogP contribution in [-0.4, -0.2) is 41.9 Å². The molecule has 5 heterocycles. The van der Waals surface area contributed by atoms with Gasteiger partial charge in [0.05, 0.1) is 18.0 Å². The number of anilines is 1. The number of imidazole rings is 1. The normalized spacial score (nSPS) is 17.0. The van der Waals surface area contributed by atoms with Gasteiger partial charge in [0, 0.05) is 25.0 Å². The molecule has 0 radical (unpaired) electrons. The van der Waals surface area contributed by atoms with Gasteiger partial charge in [-0.15, -0.1) is 11.3 Å². The summed E-state index contributed by atoms with van der Waals surface area (Å²) < 4.78 is 3.34. The molecule has 1 saturated heterocycles. The number of rotatable bonds is 4. The topological polar surface area (TPSA) is 81.7 Å². The van der Waals surface area contributed by atoms with Gasteiger partial charge in [-0.3, -0.25) is 9.36 Å². The monoisotopic (exact) mass is 379 g/mol. The summed E-state index contributed by atoms with van der Waals surface area (Å²) in [5, 5.41) is 7.64. The summed E-state index contributed by atoms with van der Waals surface area (Å²) in [6.45, 7) is 1.44. The molecule has 27 heavy (non-hydrogen) atoms. The molecule has 1 aliphatic heterocycles. The molecule has 0 N–H and O–H groups in total. The van der Waals surface area contributed by atoms with Crippen molar-refractivity contribution in [1.82, 2.24) is 29.3 Å². The van der Waals surface area contributed by atoms with Crippen LogP contribution in [0, 0.1) is 0 Å². The van der Waals surface area contributed by atoms with Gasteiger partial charge in [-0.2, -0.15) is 5.10 Å². The van der Waals surface area contributed by atoms with Gasteiger partial charge >= 0.3 is 0 Å². The summed E-state index contributed by atoms with van der Waals surface area (Å²) in [5.74, 6) is 1.63. The third-order valence-electron chi connectivity index (χ3n) is 4.90. The molecule has 5 rings (SSSR count). The molecule has 1 atom stereocenters. The lowest BCUT2D eigenvalue weighted by Crippen LogP contribution is -2.37. The number of hydrogen-bond acceptors (Lipinski definition) is 7. The summed E-state index contributed by atoms with van der Waals surface area (Å²) in [5.41, 5.74) is -0.103. The summed E-state index contributed by atoms with van der Waals surface area (Å²) in [7, 11) is 0. The second kappa shape index (κ2) is 6.58. The predicted octanol–water partition coefficient (Wildman–Crippen LogP) is 2.10. The standard InChI is InChI=1S/C18H17N7OS/c26-16-4-3-15(23-8-6-19-12-23)22-25(16)10-13-2-1-7-24(13)17-14-5-9-27-18(14)21-11-20-17/h3-6,8-9,11-13H,1-2,7,10H2. The Morgan fingerprint density at radius 3 is 3.07 bits per heavy atom. The van der Waals surface area contributed by atoms with Gasteiger partial charge in [-0.05, 0) is 30.4 Å². The number of thiophene rings is 1. The van der Waals surface area contributed by atoms with Crippen LogP contribution in [0.2, 0.25) is 0 Å². The highest BCUT2D eigenvalue weighted by Gasteiger charge is 2.28. The van der Waals surface area contributed by atoms with Crippen molar-refractivity contribution < 1.29 is 0 Å². The summed E-state index contributed by atoms with van der Waals surface area (Å²) in [6, 6.07) is 5.51. The van der Waals surface area contributed by atoms with Crippen LogP contribution >= 0.6 is 11.3 Å². The van der Waals surface area contributed by atoms with Crippen LogP contribution in [0.5, 0.6) is 0 Å². The first-order valence-electron chi connectivity index (χ1n) is 8.81. The van der Waals surface area contributed by atoms with Crippen LogP contribution in [0.1, 0.15) is 12.8 Å². The van der Waals surface area contributed by atoms with E-state index in [1.54, 1.807) is 51.6 Å². The fourth-order valence-electron chi connectivity index (χ4n) is 3.61. The highest BCUT2D eigenvalue weighted by Crippen LogP contribution is 2.31. The minimum Gasteiger partial charge on any atom is -0.351 e. The smallest absolute Gasteiger partial charge is 0.266 e. The van der Waals surface area contributed by atoms with Crippen LogP contribution in [0.3, 0.4) is 0 Å². The molecule has 8 nitrogen and oxygen atoms in total. The van der Waals surface area contributed by atoms with E-state index in [4.69, 9.17) is 0 Å². The lowest BCUT2D eigenvalue weighted by molar-refractivity contribution is 0.485. The lowest BCUT2D eigenvalue weighted by Gasteiger charge is -2.26. The third kappa shape index (κ3) is 2.89. The highest BCUT2D eigenvalue weighted by atomic mass is 32.1. The van der Waals surface area contributed by atoms with Gasteiger partial charge in [0.25, 0.3) is 5.56 Å². The Kier molecular flexibility index (Phi) is 3.93. The second-order valence-corrected chi connectivity index (χ2v) is 7.40. The van der Waals surface area contributed by atoms with Crippen LogP contribution in [0.15, 0.2) is 53.4 Å². The largest absolute Gasteiger partial charge is 0.351 e. The minimum atomic E-state index is -0.103. The number of aromatic nitrogens is 6. The van der Waals surface area contributed by atoms with Crippen molar-refractivity contribution in [3.05, 3.63) is 59.0 Å². The fourth-order valence-corrected chi connectivity index (χ4v) is 4.34. The van der Waals surface area contributed by atoms with Crippen molar-refractivity contribution in [3.8, 4) is 5.82 Å². The number of fused-ring (bicyclic) bond motifs is 1. The second-order valence-electron chi connectivity index (χ2n) is 6.51. The third-order valence-corrected chi connectivity index (χ3v) is 5.72. The van der Waals surface area contributed by atoms with Crippen LogP contribution in [-0.2, 0) is 6.54 Å². The molecule has 1 aliphatic rings. The molecule has 0 saturated carbocycles. The maximum Gasteiger partial charge on any atom is 0.266 e. The molecular formula is C18H17N7OS. The summed E-state index contributed by atoms with van der Waals surface area (Å²) in [6.07, 6.45) is 8.86. The van der Waals surface area contributed by atoms with E-state index in [2.05, 4.69) is 31.0 Å². The van der Waals surface area contributed by atoms with Crippen molar-refractivity contribution in [2.45, 2.75) is 25.4 Å². The van der Waals surface area contributed by atoms with Gasteiger partial charge in [0.1, 0.15) is 23.3 Å². The molecule has 136 valence electrons. The van der Waals surface area contributed by atoms with Crippen molar-refractivity contribution >= 4 is 27.4 Å². The van der Waals surface area contributed by atoms with E-state index < -0.39 is 0 Å². The molecule has 0 bridgehead atoms. The van der Waals surface area contributed by atoms with Crippen LogP contribution in [0.4, 0.5) is 5.82 Å². The van der Waals surface area contributed by atoms with Crippen molar-refractivity contribution in [3.63, 3.8) is 0 Å². The zero-order valence-electron chi connectivity index (χ0n) is 14.5. The Bertz CT molecular complexity index is 1130. The summed E-state index contributed by atoms with van der Waals surface area (Å²) >= 11 is 1.61. The van der Waals surface area contributed by atoms with E-state index in [9.17, 15) is 4.79 Å². The Balaban J connectivity index is 1.47. The van der Waals surface area contributed by atoms with E-state index in [0.29, 0.717) is 12.4 Å². The zero-order valence-corrected chi connectivity index (χ0v) is 15.3. The van der Waals surface area contributed by atoms with Crippen LogP contribution in [0.25, 0.3) is 16.0 Å². The lowest BCUT2D eigenvalue weighted by atomic mass is 10.2. The predicted molar refractivity (Wildman–Crippen MR) is 103 cm³/mol. The van der Waals surface area contributed by atoms with E-state index in [1.807, 2.05) is 11.6 Å². The van der Waals surface area contributed by atoms with Gasteiger partial charge in [0.15, 0.2) is 5.82 Å². The van der Waals surface area contributed by atoms with Gasteiger partial charge < -0.3 is 4.90 Å². The van der Waals surface area contributed by atoms with Crippen molar-refractivity contribution in [1.29, 1.82) is 0 Å². The molecule has 0 aromatic carbocycles. The molecule has 1 unspecified atom stereocenters. The van der Waals surface area contributed by atoms with Gasteiger partial charge in [-0.1, -0.05) is 0 Å². The molecule has 0 amide bonds. The first-order valence-corrected chi connectivity index (χ1v) is 9.69. The van der Waals surface area contributed by atoms with E-state index in [1.165, 1.54) is 0 Å². The van der Waals surface area contributed by atoms with Crippen LogP contribution < -0.4 is 10.5 Å². The van der Waals surface area contributed by atoms with E-state index in [0.717, 1.165) is 35.4 Å². The maximum absolute atomic E-state index is 12.4. The maximum atomic E-state index is 12.4. The zero-order chi connectivity index (χ0) is 18.2. The quantitative estimate of drug-likeness (QED) is 0.540. The van der Waals surface area contributed by atoms with E-state index in [-0.39, 0.29) is 11.6 Å². The average Bonchev–Trinajstić information content (AvgIpc) is 3.44. The average molecular weight is 379 g/mol. The Labute approximate surface area is 158 Å². The van der Waals surface area contributed by atoms with Crippen molar-refractivity contribution in [2.24, 2.45) is 0 Å². The number of hydrogen-bond donors (Lipinski definition) is 0. The van der Waals surface area contributed by atoms with E-state index >= 15 is 0 Å². The molecule has 1 fully saturated rings.